The van der Waals surface area contributed by atoms with E-state index in [1.807, 2.05) is 43.3 Å². The lowest BCUT2D eigenvalue weighted by molar-refractivity contribution is -0.137. The van der Waals surface area contributed by atoms with Crippen molar-refractivity contribution < 1.29 is 23.8 Å². The fourth-order valence-corrected chi connectivity index (χ4v) is 5.71. The highest BCUT2D eigenvalue weighted by Gasteiger charge is 2.37. The molecular formula is C32H37FO4. The van der Waals surface area contributed by atoms with E-state index < -0.39 is 5.97 Å². The standard InChI is InChI=1S/C32H37FO4/c1-5-22(18-31(34)35)23-8-6-9-25(17-23)37-20-21-11-13-26(28-19-24(36-4)12-14-30(28)33)27(16-21)29-10-7-15-32(29,2)3/h6,8-9,11-14,16-17,19,22,29H,5,7,10,15,18,20H2,1-4H3,(H,34,35)/t22-,29-/m0/s1. The van der Waals surface area contributed by atoms with Gasteiger partial charge < -0.3 is 14.6 Å². The summed E-state index contributed by atoms with van der Waals surface area (Å²) in [6, 6.07) is 18.8. The topological polar surface area (TPSA) is 55.8 Å². The van der Waals surface area contributed by atoms with Gasteiger partial charge in [-0.15, -0.1) is 0 Å². The molecule has 196 valence electrons. The van der Waals surface area contributed by atoms with E-state index in [2.05, 4.69) is 19.9 Å². The number of carbonyl (C=O) groups is 1. The number of ether oxygens (including phenoxy) is 2. The summed E-state index contributed by atoms with van der Waals surface area (Å²) >= 11 is 0. The van der Waals surface area contributed by atoms with Crippen LogP contribution in [0.5, 0.6) is 11.5 Å². The zero-order valence-electron chi connectivity index (χ0n) is 22.2. The highest BCUT2D eigenvalue weighted by Crippen LogP contribution is 2.51. The summed E-state index contributed by atoms with van der Waals surface area (Å²) < 4.78 is 26.6. The van der Waals surface area contributed by atoms with Crippen LogP contribution >= 0.6 is 0 Å². The second-order valence-electron chi connectivity index (χ2n) is 10.8. The van der Waals surface area contributed by atoms with E-state index in [-0.39, 0.29) is 23.6 Å². The van der Waals surface area contributed by atoms with Gasteiger partial charge in [-0.3, -0.25) is 4.79 Å². The van der Waals surface area contributed by atoms with E-state index in [1.165, 1.54) is 6.07 Å². The minimum absolute atomic E-state index is 0.0469. The number of carboxylic acids is 1. The number of benzene rings is 3. The van der Waals surface area contributed by atoms with Crippen LogP contribution in [0, 0.1) is 11.2 Å². The molecule has 0 spiro atoms. The van der Waals surface area contributed by atoms with Crippen molar-refractivity contribution in [3.8, 4) is 22.6 Å². The molecule has 0 unspecified atom stereocenters. The molecule has 0 heterocycles. The number of methoxy groups -OCH3 is 1. The second-order valence-corrected chi connectivity index (χ2v) is 10.8. The maximum atomic E-state index is 15.0. The first kappa shape index (κ1) is 26.7. The van der Waals surface area contributed by atoms with Gasteiger partial charge in [0.2, 0.25) is 0 Å². The predicted molar refractivity (Wildman–Crippen MR) is 145 cm³/mol. The normalized spacial score (nSPS) is 17.4. The van der Waals surface area contributed by atoms with E-state index in [9.17, 15) is 9.90 Å². The first-order valence-electron chi connectivity index (χ1n) is 13.1. The van der Waals surface area contributed by atoms with Crippen molar-refractivity contribution in [2.45, 2.75) is 71.3 Å². The Bertz CT molecular complexity index is 1250. The van der Waals surface area contributed by atoms with Gasteiger partial charge in [-0.25, -0.2) is 4.39 Å². The summed E-state index contributed by atoms with van der Waals surface area (Å²) in [5.74, 6) is 0.561. The Balaban J connectivity index is 1.64. The van der Waals surface area contributed by atoms with Gasteiger partial charge in [0.15, 0.2) is 0 Å². The van der Waals surface area contributed by atoms with Gasteiger partial charge >= 0.3 is 5.97 Å². The molecule has 4 nitrogen and oxygen atoms in total. The van der Waals surface area contributed by atoms with Crippen LogP contribution in [0.3, 0.4) is 0 Å². The molecule has 2 atom stereocenters. The van der Waals surface area contributed by atoms with Crippen molar-refractivity contribution in [1.29, 1.82) is 0 Å². The van der Waals surface area contributed by atoms with Crippen molar-refractivity contribution in [3.63, 3.8) is 0 Å². The Kier molecular flexibility index (Phi) is 8.21. The van der Waals surface area contributed by atoms with Crippen LogP contribution < -0.4 is 9.47 Å². The Hall–Kier alpha value is -3.34. The molecule has 3 aromatic rings. The summed E-state index contributed by atoms with van der Waals surface area (Å²) in [6.07, 6.45) is 4.21. The molecule has 1 saturated carbocycles. The first-order valence-corrected chi connectivity index (χ1v) is 13.1. The summed E-state index contributed by atoms with van der Waals surface area (Å²) in [4.78, 5) is 11.2. The number of carboxylic acid groups (broad SMARTS) is 1. The van der Waals surface area contributed by atoms with Gasteiger partial charge in [0, 0.05) is 5.56 Å². The van der Waals surface area contributed by atoms with Gasteiger partial charge in [0.25, 0.3) is 0 Å². The van der Waals surface area contributed by atoms with E-state index >= 15 is 4.39 Å². The molecule has 1 fully saturated rings. The number of aliphatic carboxylic acids is 1. The van der Waals surface area contributed by atoms with Crippen molar-refractivity contribution in [2.75, 3.05) is 7.11 Å². The second kappa shape index (κ2) is 11.4. The predicted octanol–water partition coefficient (Wildman–Crippen LogP) is 8.34. The maximum absolute atomic E-state index is 15.0. The van der Waals surface area contributed by atoms with Crippen LogP contribution in [0.15, 0.2) is 60.7 Å². The van der Waals surface area contributed by atoms with E-state index in [0.29, 0.717) is 29.6 Å². The van der Waals surface area contributed by atoms with E-state index in [0.717, 1.165) is 47.9 Å². The minimum atomic E-state index is -0.798. The van der Waals surface area contributed by atoms with Crippen LogP contribution in [0.4, 0.5) is 4.39 Å². The molecular weight excluding hydrogens is 467 g/mol. The number of hydrogen-bond acceptors (Lipinski definition) is 3. The van der Waals surface area contributed by atoms with Crippen molar-refractivity contribution in [2.24, 2.45) is 5.41 Å². The van der Waals surface area contributed by atoms with Gasteiger partial charge in [0.1, 0.15) is 23.9 Å². The van der Waals surface area contributed by atoms with Crippen LogP contribution in [0.2, 0.25) is 0 Å². The molecule has 5 heteroatoms. The van der Waals surface area contributed by atoms with E-state index in [1.54, 1.807) is 19.2 Å². The Morgan fingerprint density at radius 1 is 1.08 bits per heavy atom. The number of halogens is 1. The highest BCUT2D eigenvalue weighted by molar-refractivity contribution is 5.71. The summed E-state index contributed by atoms with van der Waals surface area (Å²) in [5.41, 5.74) is 4.73. The Morgan fingerprint density at radius 2 is 1.89 bits per heavy atom. The Morgan fingerprint density at radius 3 is 2.57 bits per heavy atom. The monoisotopic (exact) mass is 504 g/mol. The molecule has 1 aliphatic rings. The van der Waals surface area contributed by atoms with Crippen LogP contribution in [0.25, 0.3) is 11.1 Å². The minimum Gasteiger partial charge on any atom is -0.497 e. The fourth-order valence-electron chi connectivity index (χ4n) is 5.71. The van der Waals surface area contributed by atoms with Gasteiger partial charge in [-0.05, 0) is 89.1 Å². The molecule has 0 radical (unpaired) electrons. The Labute approximate surface area is 219 Å². The lowest BCUT2D eigenvalue weighted by atomic mass is 9.75. The largest absolute Gasteiger partial charge is 0.497 e. The molecule has 0 aromatic heterocycles. The van der Waals surface area contributed by atoms with E-state index in [4.69, 9.17) is 9.47 Å². The zero-order chi connectivity index (χ0) is 26.6. The molecule has 1 aliphatic carbocycles. The van der Waals surface area contributed by atoms with Crippen LogP contribution in [-0.2, 0) is 11.4 Å². The zero-order valence-corrected chi connectivity index (χ0v) is 22.2. The summed E-state index contributed by atoms with van der Waals surface area (Å²) in [7, 11) is 1.60. The molecule has 0 bridgehead atoms. The maximum Gasteiger partial charge on any atom is 0.303 e. The van der Waals surface area contributed by atoms with Crippen molar-refractivity contribution >= 4 is 5.97 Å². The molecule has 3 aromatic carbocycles. The smallest absolute Gasteiger partial charge is 0.303 e. The van der Waals surface area contributed by atoms with Crippen LogP contribution in [-0.4, -0.2) is 18.2 Å². The lowest BCUT2D eigenvalue weighted by Gasteiger charge is -2.30. The van der Waals surface area contributed by atoms with Crippen molar-refractivity contribution in [3.05, 3.63) is 83.2 Å². The molecule has 1 N–H and O–H groups in total. The SMILES string of the molecule is CC[C@@H](CC(=O)O)c1cccc(OCc2ccc(-c3cc(OC)ccc3F)c([C@@H]3CCCC3(C)C)c2)c1. The van der Waals surface area contributed by atoms with Crippen molar-refractivity contribution in [1.82, 2.24) is 0 Å². The fraction of sp³-hybridized carbons (Fsp3) is 0.406. The average Bonchev–Trinajstić information content (AvgIpc) is 3.25. The third kappa shape index (κ3) is 6.15. The molecule has 0 aliphatic heterocycles. The van der Waals surface area contributed by atoms with Gasteiger partial charge in [-0.2, -0.15) is 0 Å². The molecule has 0 amide bonds. The molecule has 4 rings (SSSR count). The summed E-state index contributed by atoms with van der Waals surface area (Å²) in [6.45, 7) is 6.97. The molecule has 37 heavy (non-hydrogen) atoms. The highest BCUT2D eigenvalue weighted by atomic mass is 19.1. The quantitative estimate of drug-likeness (QED) is 0.301. The first-order chi connectivity index (χ1) is 17.7. The number of rotatable bonds is 10. The van der Waals surface area contributed by atoms with Crippen LogP contribution in [0.1, 0.15) is 81.4 Å². The third-order valence-electron chi connectivity index (χ3n) is 7.86. The van der Waals surface area contributed by atoms with Gasteiger partial charge in [0.05, 0.1) is 13.5 Å². The third-order valence-corrected chi connectivity index (χ3v) is 7.86. The lowest BCUT2D eigenvalue weighted by Crippen LogP contribution is -2.17. The average molecular weight is 505 g/mol. The van der Waals surface area contributed by atoms with Gasteiger partial charge in [-0.1, -0.05) is 57.5 Å². The summed E-state index contributed by atoms with van der Waals surface area (Å²) in [5, 5.41) is 9.24. The molecule has 0 saturated heterocycles. The number of hydrogen-bond donors (Lipinski definition) is 1.